The summed E-state index contributed by atoms with van der Waals surface area (Å²) in [6, 6.07) is 26.4. The summed E-state index contributed by atoms with van der Waals surface area (Å²) >= 11 is 0. The normalized spacial score (nSPS) is 11.4. The number of rotatable bonds is 10. The number of aryl methyl sites for hydroxylation is 2. The third-order valence-electron chi connectivity index (χ3n) is 5.82. The molecule has 0 saturated carbocycles. The second-order valence-corrected chi connectivity index (χ2v) is 10.8. The monoisotopic (exact) mass is 545 g/mol. The number of benzene rings is 4. The van der Waals surface area contributed by atoms with Gasteiger partial charge in [-0.25, -0.2) is 18.2 Å². The molecule has 1 N–H and O–H groups in total. The van der Waals surface area contributed by atoms with Crippen molar-refractivity contribution in [3.05, 3.63) is 125 Å². The van der Waals surface area contributed by atoms with Gasteiger partial charge in [0.2, 0.25) is 0 Å². The minimum absolute atomic E-state index is 0.0124. The number of anilines is 1. The van der Waals surface area contributed by atoms with Crippen molar-refractivity contribution in [2.24, 2.45) is 5.10 Å². The molecule has 0 heterocycles. The molecule has 7 nitrogen and oxygen atoms in total. The smallest absolute Gasteiger partial charge is 0.264 e. The van der Waals surface area contributed by atoms with Crippen molar-refractivity contribution in [3.63, 3.8) is 0 Å². The molecular weight excluding hydrogens is 517 g/mol. The zero-order valence-electron chi connectivity index (χ0n) is 21.5. The number of nitrogens with zero attached hydrogens (tertiary/aromatic N) is 2. The van der Waals surface area contributed by atoms with Crippen LogP contribution in [0.1, 0.15) is 22.3 Å². The summed E-state index contributed by atoms with van der Waals surface area (Å²) < 4.78 is 46.9. The molecule has 0 radical (unpaired) electrons. The maximum atomic E-state index is 13.5. The van der Waals surface area contributed by atoms with Gasteiger partial charge in [0.05, 0.1) is 16.8 Å². The first kappa shape index (κ1) is 27.5. The van der Waals surface area contributed by atoms with Crippen molar-refractivity contribution in [2.45, 2.75) is 25.3 Å². The van der Waals surface area contributed by atoms with E-state index in [-0.39, 0.29) is 10.6 Å². The molecule has 9 heteroatoms. The van der Waals surface area contributed by atoms with E-state index in [9.17, 15) is 17.6 Å². The Morgan fingerprint density at radius 3 is 2.08 bits per heavy atom. The highest BCUT2D eigenvalue weighted by molar-refractivity contribution is 7.92. The lowest BCUT2D eigenvalue weighted by atomic mass is 10.2. The number of hydrogen-bond donors (Lipinski definition) is 1. The first-order valence-corrected chi connectivity index (χ1v) is 13.6. The zero-order valence-corrected chi connectivity index (χ0v) is 22.4. The molecule has 200 valence electrons. The lowest BCUT2D eigenvalue weighted by molar-refractivity contribution is -0.119. The van der Waals surface area contributed by atoms with Crippen molar-refractivity contribution in [1.82, 2.24) is 5.43 Å². The summed E-state index contributed by atoms with van der Waals surface area (Å²) in [5.74, 6) is -0.496. The van der Waals surface area contributed by atoms with Crippen LogP contribution in [0.5, 0.6) is 5.75 Å². The van der Waals surface area contributed by atoms with Crippen LogP contribution >= 0.6 is 0 Å². The maximum Gasteiger partial charge on any atom is 0.264 e. The van der Waals surface area contributed by atoms with E-state index < -0.39 is 28.3 Å². The van der Waals surface area contributed by atoms with Gasteiger partial charge in [0.1, 0.15) is 24.7 Å². The highest BCUT2D eigenvalue weighted by Gasteiger charge is 2.27. The molecule has 1 amide bonds. The minimum atomic E-state index is -4.10. The summed E-state index contributed by atoms with van der Waals surface area (Å²) in [5.41, 5.74) is 6.36. The van der Waals surface area contributed by atoms with Crippen LogP contribution in [0.25, 0.3) is 0 Å². The maximum absolute atomic E-state index is 13.5. The molecule has 0 atom stereocenters. The second-order valence-electron chi connectivity index (χ2n) is 8.94. The number of nitrogens with one attached hydrogen (secondary N) is 1. The lowest BCUT2D eigenvalue weighted by Crippen LogP contribution is -2.39. The molecule has 0 aromatic heterocycles. The number of amides is 1. The lowest BCUT2D eigenvalue weighted by Gasteiger charge is -2.23. The summed E-state index contributed by atoms with van der Waals surface area (Å²) in [6.07, 6.45) is 1.44. The molecule has 0 aliphatic heterocycles. The van der Waals surface area contributed by atoms with Crippen LogP contribution in [0.4, 0.5) is 10.1 Å². The van der Waals surface area contributed by atoms with E-state index in [1.807, 2.05) is 38.1 Å². The Balaban J connectivity index is 1.39. The summed E-state index contributed by atoms with van der Waals surface area (Å²) in [4.78, 5) is 12.7. The van der Waals surface area contributed by atoms with E-state index in [1.54, 1.807) is 36.4 Å². The molecular formula is C30H28FN3O4S. The van der Waals surface area contributed by atoms with Crippen molar-refractivity contribution < 1.29 is 22.3 Å². The quantitative estimate of drug-likeness (QED) is 0.215. The van der Waals surface area contributed by atoms with Crippen LogP contribution in [0.3, 0.4) is 0 Å². The third-order valence-corrected chi connectivity index (χ3v) is 7.61. The predicted octanol–water partition coefficient (Wildman–Crippen LogP) is 5.37. The van der Waals surface area contributed by atoms with Crippen LogP contribution in [-0.4, -0.2) is 27.1 Å². The fraction of sp³-hybridized carbons (Fsp3) is 0.133. The Kier molecular flexibility index (Phi) is 8.73. The average molecular weight is 546 g/mol. The van der Waals surface area contributed by atoms with Gasteiger partial charge in [0, 0.05) is 0 Å². The van der Waals surface area contributed by atoms with E-state index in [1.165, 1.54) is 36.0 Å². The molecule has 4 aromatic carbocycles. The molecule has 0 unspecified atom stereocenters. The summed E-state index contributed by atoms with van der Waals surface area (Å²) in [5, 5.41) is 3.95. The molecule has 4 aromatic rings. The largest absolute Gasteiger partial charge is 0.489 e. The molecule has 0 fully saturated rings. The van der Waals surface area contributed by atoms with Gasteiger partial charge in [-0.3, -0.25) is 9.10 Å². The van der Waals surface area contributed by atoms with Gasteiger partial charge in [0.15, 0.2) is 0 Å². The highest BCUT2D eigenvalue weighted by atomic mass is 32.2. The van der Waals surface area contributed by atoms with Gasteiger partial charge < -0.3 is 4.74 Å². The number of ether oxygens (including phenoxy) is 1. The SMILES string of the molecule is Cc1ccc(COc2ccc(/C=N\NC(=O)CN(c3ccc(F)cc3)S(=O)(=O)c3ccc(C)cc3)cc2)cc1. The van der Waals surface area contributed by atoms with Crippen LogP contribution in [0, 0.1) is 19.7 Å². The van der Waals surface area contributed by atoms with E-state index in [0.29, 0.717) is 17.9 Å². The van der Waals surface area contributed by atoms with Crippen molar-refractivity contribution in [1.29, 1.82) is 0 Å². The third kappa shape index (κ3) is 7.52. The number of carbonyl (C=O) groups excluding carboxylic acids is 1. The second kappa shape index (κ2) is 12.4. The number of carbonyl (C=O) groups is 1. The molecule has 39 heavy (non-hydrogen) atoms. The highest BCUT2D eigenvalue weighted by Crippen LogP contribution is 2.24. The predicted molar refractivity (Wildman–Crippen MR) is 150 cm³/mol. The number of sulfonamides is 1. The molecule has 0 spiro atoms. The topological polar surface area (TPSA) is 88.1 Å². The van der Waals surface area contributed by atoms with E-state index in [4.69, 9.17) is 4.74 Å². The van der Waals surface area contributed by atoms with Crippen LogP contribution < -0.4 is 14.5 Å². The van der Waals surface area contributed by atoms with E-state index in [2.05, 4.69) is 10.5 Å². The number of hydrazone groups is 1. The van der Waals surface area contributed by atoms with Gasteiger partial charge >= 0.3 is 0 Å². The van der Waals surface area contributed by atoms with Gasteiger partial charge in [-0.2, -0.15) is 5.10 Å². The van der Waals surface area contributed by atoms with E-state index >= 15 is 0 Å². The number of hydrogen-bond acceptors (Lipinski definition) is 5. The van der Waals surface area contributed by atoms with Gasteiger partial charge in [-0.15, -0.1) is 0 Å². The van der Waals surface area contributed by atoms with Gasteiger partial charge in [-0.05, 0) is 85.6 Å². The molecule has 0 aliphatic carbocycles. The minimum Gasteiger partial charge on any atom is -0.489 e. The van der Waals surface area contributed by atoms with E-state index in [0.717, 1.165) is 27.6 Å². The van der Waals surface area contributed by atoms with Crippen LogP contribution in [-0.2, 0) is 21.4 Å². The Morgan fingerprint density at radius 1 is 0.872 bits per heavy atom. The van der Waals surface area contributed by atoms with Crippen molar-refractivity contribution >= 4 is 27.8 Å². The average Bonchev–Trinajstić information content (AvgIpc) is 2.93. The standard InChI is InChI=1S/C30H28FN3O4S/c1-22-3-7-25(8-4-22)21-38-28-15-9-24(10-16-28)19-32-33-30(35)20-34(27-13-11-26(31)12-14-27)39(36,37)29-17-5-23(2)6-18-29/h3-19H,20-21H2,1-2H3,(H,33,35)/b32-19-. The molecule has 4 rings (SSSR count). The Morgan fingerprint density at radius 2 is 1.46 bits per heavy atom. The fourth-order valence-electron chi connectivity index (χ4n) is 3.61. The first-order valence-electron chi connectivity index (χ1n) is 12.2. The Hall–Kier alpha value is -4.50. The van der Waals surface area contributed by atoms with Gasteiger partial charge in [-0.1, -0.05) is 47.5 Å². The summed E-state index contributed by atoms with van der Waals surface area (Å²) in [6.45, 7) is 3.76. The molecule has 0 saturated heterocycles. The summed E-state index contributed by atoms with van der Waals surface area (Å²) in [7, 11) is -4.10. The number of halogens is 1. The molecule has 0 aliphatic rings. The van der Waals surface area contributed by atoms with Gasteiger partial charge in [0.25, 0.3) is 15.9 Å². The zero-order chi connectivity index (χ0) is 27.8. The first-order chi connectivity index (χ1) is 18.7. The van der Waals surface area contributed by atoms with Crippen LogP contribution in [0.2, 0.25) is 0 Å². The van der Waals surface area contributed by atoms with Crippen molar-refractivity contribution in [3.8, 4) is 5.75 Å². The van der Waals surface area contributed by atoms with Crippen LogP contribution in [0.15, 0.2) is 107 Å². The Bertz CT molecular complexity index is 1540. The Labute approximate surface area is 227 Å². The fourth-order valence-corrected chi connectivity index (χ4v) is 5.03. The van der Waals surface area contributed by atoms with Crippen molar-refractivity contribution in [2.75, 3.05) is 10.8 Å². The molecule has 0 bridgehead atoms.